The fourth-order valence-electron chi connectivity index (χ4n) is 4.89. The minimum absolute atomic E-state index is 0.130. The van der Waals surface area contributed by atoms with E-state index in [1.54, 1.807) is 110 Å². The standard InChI is InChI=1S/C37H47N5O9/c1-35(2,3)48-32(45)29(51-42-30(43)27-13-10-11-14-28(27)31(42)44)23-41(34(47)50-37(7,8)9)26-17-15-24(16-18-26)25-21-39-40(22-25)20-12-19-38-33(46)49-36(4,5)6/h10-11,13-18,21-22,29H,12,19-20,23H2,1-9H3,(H,38,46). The molecule has 0 aliphatic carbocycles. The van der Waals surface area contributed by atoms with Gasteiger partial charge in [-0.2, -0.15) is 5.10 Å². The van der Waals surface area contributed by atoms with Crippen LogP contribution in [0.25, 0.3) is 11.1 Å². The Bertz CT molecular complexity index is 1710. The molecule has 3 aromatic rings. The Morgan fingerprint density at radius 3 is 1.90 bits per heavy atom. The molecule has 0 saturated heterocycles. The van der Waals surface area contributed by atoms with Crippen molar-refractivity contribution in [1.82, 2.24) is 20.2 Å². The monoisotopic (exact) mass is 705 g/mol. The topological polar surface area (TPSA) is 159 Å². The molecule has 0 saturated carbocycles. The number of imide groups is 1. The largest absolute Gasteiger partial charge is 0.458 e. The summed E-state index contributed by atoms with van der Waals surface area (Å²) in [6.45, 7) is 16.0. The third-order valence-corrected chi connectivity index (χ3v) is 7.00. The minimum Gasteiger partial charge on any atom is -0.458 e. The number of aryl methyl sites for hydroxylation is 1. The van der Waals surface area contributed by atoms with Crippen LogP contribution in [0.5, 0.6) is 0 Å². The molecule has 0 bridgehead atoms. The van der Waals surface area contributed by atoms with E-state index >= 15 is 0 Å². The van der Waals surface area contributed by atoms with Gasteiger partial charge in [0.25, 0.3) is 11.8 Å². The molecule has 0 fully saturated rings. The van der Waals surface area contributed by atoms with E-state index in [4.69, 9.17) is 19.0 Å². The maximum Gasteiger partial charge on any atom is 0.414 e. The van der Waals surface area contributed by atoms with Gasteiger partial charge < -0.3 is 19.5 Å². The first-order valence-electron chi connectivity index (χ1n) is 16.7. The van der Waals surface area contributed by atoms with Crippen molar-refractivity contribution in [1.29, 1.82) is 0 Å². The van der Waals surface area contributed by atoms with Crippen molar-refractivity contribution in [2.45, 2.75) is 98.2 Å². The number of hydrogen-bond donors (Lipinski definition) is 1. The summed E-state index contributed by atoms with van der Waals surface area (Å²) in [6.07, 6.45) is 1.34. The van der Waals surface area contributed by atoms with Crippen LogP contribution in [0.2, 0.25) is 0 Å². The number of nitrogens with one attached hydrogen (secondary N) is 1. The summed E-state index contributed by atoms with van der Waals surface area (Å²) < 4.78 is 18.3. The van der Waals surface area contributed by atoms with Crippen LogP contribution in [-0.4, -0.2) is 80.8 Å². The number of carbonyl (C=O) groups excluding carboxylic acids is 5. The van der Waals surface area contributed by atoms with Crippen molar-refractivity contribution in [3.8, 4) is 11.1 Å². The quantitative estimate of drug-likeness (QED) is 0.106. The fraction of sp³-hybridized carbons (Fsp3) is 0.459. The molecule has 14 heteroatoms. The molecule has 1 aromatic heterocycles. The molecule has 1 aliphatic heterocycles. The SMILES string of the molecule is CC(C)(C)OC(=O)NCCCn1cc(-c2ccc(N(CC(ON3C(=O)c4ccccc4C3=O)C(=O)OC(C)(C)C)C(=O)OC(C)(C)C)cc2)cn1. The van der Waals surface area contributed by atoms with E-state index in [1.807, 2.05) is 6.20 Å². The lowest BCUT2D eigenvalue weighted by Crippen LogP contribution is -2.49. The molecule has 2 aromatic carbocycles. The van der Waals surface area contributed by atoms with E-state index in [2.05, 4.69) is 10.4 Å². The van der Waals surface area contributed by atoms with Crippen LogP contribution in [0.15, 0.2) is 60.9 Å². The van der Waals surface area contributed by atoms with Crippen LogP contribution in [0.4, 0.5) is 15.3 Å². The number of aromatic nitrogens is 2. The first-order chi connectivity index (χ1) is 23.7. The average molecular weight is 706 g/mol. The Labute approximate surface area is 297 Å². The maximum absolute atomic E-state index is 13.6. The van der Waals surface area contributed by atoms with Gasteiger partial charge in [0.2, 0.25) is 6.10 Å². The molecule has 1 atom stereocenters. The number of carbonyl (C=O) groups is 5. The molecule has 274 valence electrons. The molecule has 4 amide bonds. The lowest BCUT2D eigenvalue weighted by Gasteiger charge is -2.31. The third-order valence-electron chi connectivity index (χ3n) is 7.00. The second-order valence-corrected chi connectivity index (χ2v) is 15.0. The molecular formula is C37H47N5O9. The first-order valence-corrected chi connectivity index (χ1v) is 16.7. The Balaban J connectivity index is 1.54. The average Bonchev–Trinajstić information content (AvgIpc) is 3.57. The smallest absolute Gasteiger partial charge is 0.414 e. The van der Waals surface area contributed by atoms with Gasteiger partial charge in [0, 0.05) is 30.5 Å². The van der Waals surface area contributed by atoms with Gasteiger partial charge in [-0.3, -0.25) is 19.2 Å². The van der Waals surface area contributed by atoms with Crippen molar-refractivity contribution < 1.29 is 43.0 Å². The van der Waals surface area contributed by atoms with Crippen LogP contribution < -0.4 is 10.2 Å². The Kier molecular flexibility index (Phi) is 11.6. The van der Waals surface area contributed by atoms with Crippen molar-refractivity contribution in [3.05, 3.63) is 72.1 Å². The molecule has 0 radical (unpaired) electrons. The Hall–Kier alpha value is -5.24. The van der Waals surface area contributed by atoms with Crippen molar-refractivity contribution in [2.75, 3.05) is 18.0 Å². The number of hydrogen-bond acceptors (Lipinski definition) is 10. The first kappa shape index (κ1) is 38.6. The van der Waals surface area contributed by atoms with Crippen LogP contribution >= 0.6 is 0 Å². The maximum atomic E-state index is 13.6. The van der Waals surface area contributed by atoms with Crippen molar-refractivity contribution >= 4 is 35.7 Å². The molecular weight excluding hydrogens is 658 g/mol. The number of alkyl carbamates (subject to hydrolysis) is 1. The highest BCUT2D eigenvalue weighted by Gasteiger charge is 2.42. The molecule has 1 aliphatic rings. The molecule has 4 rings (SSSR count). The zero-order chi connectivity index (χ0) is 37.7. The van der Waals surface area contributed by atoms with Gasteiger partial charge in [0.05, 0.1) is 23.9 Å². The summed E-state index contributed by atoms with van der Waals surface area (Å²) in [5, 5.41) is 7.68. The molecule has 1 N–H and O–H groups in total. The van der Waals surface area contributed by atoms with Crippen LogP contribution in [0.3, 0.4) is 0 Å². The van der Waals surface area contributed by atoms with Gasteiger partial charge in [-0.25, -0.2) is 19.2 Å². The Morgan fingerprint density at radius 1 is 0.784 bits per heavy atom. The number of ether oxygens (including phenoxy) is 3. The normalized spacial score (nSPS) is 13.8. The lowest BCUT2D eigenvalue weighted by atomic mass is 10.1. The van der Waals surface area contributed by atoms with E-state index in [0.29, 0.717) is 30.3 Å². The lowest BCUT2D eigenvalue weighted by molar-refractivity contribution is -0.187. The van der Waals surface area contributed by atoms with E-state index in [-0.39, 0.29) is 11.1 Å². The second-order valence-electron chi connectivity index (χ2n) is 15.0. The number of rotatable bonds is 11. The predicted molar refractivity (Wildman–Crippen MR) is 188 cm³/mol. The van der Waals surface area contributed by atoms with Gasteiger partial charge >= 0.3 is 18.2 Å². The highest BCUT2D eigenvalue weighted by molar-refractivity contribution is 6.20. The number of benzene rings is 2. The van der Waals surface area contributed by atoms with Crippen LogP contribution in [0, 0.1) is 0 Å². The van der Waals surface area contributed by atoms with Gasteiger partial charge in [-0.1, -0.05) is 24.3 Å². The molecule has 2 heterocycles. The third kappa shape index (κ3) is 10.9. The highest BCUT2D eigenvalue weighted by Crippen LogP contribution is 2.28. The van der Waals surface area contributed by atoms with Crippen LogP contribution in [-0.2, 0) is 30.4 Å². The molecule has 0 spiro atoms. The van der Waals surface area contributed by atoms with E-state index < -0.39 is 59.4 Å². The number of esters is 1. The molecule has 51 heavy (non-hydrogen) atoms. The van der Waals surface area contributed by atoms with Gasteiger partial charge in [-0.05, 0) is 98.6 Å². The van der Waals surface area contributed by atoms with E-state index in [0.717, 1.165) is 11.1 Å². The van der Waals surface area contributed by atoms with E-state index in [9.17, 15) is 24.0 Å². The number of nitrogens with zero attached hydrogens (tertiary/aromatic N) is 4. The number of amides is 4. The fourth-order valence-corrected chi connectivity index (χ4v) is 4.89. The zero-order valence-electron chi connectivity index (χ0n) is 30.6. The molecule has 14 nitrogen and oxygen atoms in total. The van der Waals surface area contributed by atoms with Gasteiger partial charge in [0.1, 0.15) is 16.8 Å². The van der Waals surface area contributed by atoms with Gasteiger partial charge in [-0.15, -0.1) is 5.06 Å². The summed E-state index contributed by atoms with van der Waals surface area (Å²) in [7, 11) is 0. The summed E-state index contributed by atoms with van der Waals surface area (Å²) in [5.74, 6) is -2.37. The second kappa shape index (κ2) is 15.3. The van der Waals surface area contributed by atoms with Crippen LogP contribution in [0.1, 0.15) is 89.5 Å². The summed E-state index contributed by atoms with van der Waals surface area (Å²) in [4.78, 5) is 72.3. The number of fused-ring (bicyclic) bond motifs is 1. The zero-order valence-corrected chi connectivity index (χ0v) is 30.6. The predicted octanol–water partition coefficient (Wildman–Crippen LogP) is 6.14. The highest BCUT2D eigenvalue weighted by atomic mass is 16.7. The summed E-state index contributed by atoms with van der Waals surface area (Å²) in [6, 6.07) is 13.1. The van der Waals surface area contributed by atoms with Crippen molar-refractivity contribution in [2.24, 2.45) is 0 Å². The minimum atomic E-state index is -1.60. The number of hydroxylamine groups is 2. The molecule has 1 unspecified atom stereocenters. The van der Waals surface area contributed by atoms with Gasteiger partial charge in [0.15, 0.2) is 0 Å². The van der Waals surface area contributed by atoms with E-state index in [1.165, 1.54) is 17.0 Å². The summed E-state index contributed by atoms with van der Waals surface area (Å²) in [5.41, 5.74) is -0.187. The van der Waals surface area contributed by atoms with Crippen molar-refractivity contribution in [3.63, 3.8) is 0 Å². The Morgan fingerprint density at radius 2 is 1.35 bits per heavy atom. The number of anilines is 1. The summed E-state index contributed by atoms with van der Waals surface area (Å²) >= 11 is 0.